The summed E-state index contributed by atoms with van der Waals surface area (Å²) in [5, 5.41) is 11.6. The van der Waals surface area contributed by atoms with Gasteiger partial charge in [0.15, 0.2) is 11.5 Å². The highest BCUT2D eigenvalue weighted by atomic mass is 35.5. The fraction of sp³-hybridized carbons (Fsp3) is 0.179. The Morgan fingerprint density at radius 2 is 1.79 bits per heavy atom. The van der Waals surface area contributed by atoms with E-state index in [1.165, 1.54) is 6.33 Å². The van der Waals surface area contributed by atoms with Crippen molar-refractivity contribution in [3.63, 3.8) is 0 Å². The number of carbonyl (C=O) groups excluding carboxylic acids is 1. The Kier molecular flexibility index (Phi) is 7.53. The average molecular weight is 550 g/mol. The number of amides is 1. The number of anilines is 2. The first-order valence-corrected chi connectivity index (χ1v) is 12.8. The van der Waals surface area contributed by atoms with E-state index in [0.717, 1.165) is 5.56 Å². The van der Waals surface area contributed by atoms with Gasteiger partial charge in [-0.25, -0.2) is 4.68 Å². The predicted octanol–water partition coefficient (Wildman–Crippen LogP) is 6.49. The van der Waals surface area contributed by atoms with E-state index >= 15 is 0 Å². The maximum absolute atomic E-state index is 13.5. The molecule has 4 aromatic rings. The van der Waals surface area contributed by atoms with Gasteiger partial charge in [0.05, 0.1) is 12.2 Å². The molecule has 5 rings (SSSR count). The lowest BCUT2D eigenvalue weighted by molar-refractivity contribution is -0.113. The summed E-state index contributed by atoms with van der Waals surface area (Å²) < 4.78 is 13.7. The van der Waals surface area contributed by atoms with Crippen LogP contribution >= 0.6 is 23.2 Å². The lowest BCUT2D eigenvalue weighted by Crippen LogP contribution is -2.31. The second-order valence-electron chi connectivity index (χ2n) is 8.54. The Labute approximate surface area is 230 Å². The normalized spacial score (nSPS) is 14.5. The van der Waals surface area contributed by atoms with Crippen molar-refractivity contribution < 1.29 is 14.3 Å². The molecule has 0 saturated carbocycles. The second kappa shape index (κ2) is 11.2. The largest absolute Gasteiger partial charge is 0.490 e. The van der Waals surface area contributed by atoms with Gasteiger partial charge in [-0.15, -0.1) is 0 Å². The Morgan fingerprint density at radius 3 is 2.53 bits per heavy atom. The van der Waals surface area contributed by atoms with E-state index in [9.17, 15) is 4.79 Å². The van der Waals surface area contributed by atoms with Crippen LogP contribution < -0.4 is 20.1 Å². The summed E-state index contributed by atoms with van der Waals surface area (Å²) in [5.74, 6) is 1.33. The molecule has 0 unspecified atom stereocenters. The number of fused-ring (bicyclic) bond motifs is 1. The maximum Gasteiger partial charge on any atom is 0.255 e. The SMILES string of the molecule is CCOc1cc([C@H]2C(C(=O)Nc3ccccc3)=C(C)Nc3ncnn32)ccc1OCc1c(Cl)cccc1Cl. The first-order valence-electron chi connectivity index (χ1n) is 12.0. The van der Waals surface area contributed by atoms with E-state index in [1.54, 1.807) is 22.9 Å². The van der Waals surface area contributed by atoms with Gasteiger partial charge in [-0.1, -0.05) is 53.5 Å². The molecule has 194 valence electrons. The zero-order valence-corrected chi connectivity index (χ0v) is 22.3. The number of benzene rings is 3. The van der Waals surface area contributed by atoms with Gasteiger partial charge in [-0.05, 0) is 55.8 Å². The highest BCUT2D eigenvalue weighted by molar-refractivity contribution is 6.35. The van der Waals surface area contributed by atoms with Crippen LogP contribution in [-0.2, 0) is 11.4 Å². The molecule has 2 N–H and O–H groups in total. The molecule has 0 saturated heterocycles. The molecule has 1 aliphatic rings. The molecule has 1 atom stereocenters. The Hall–Kier alpha value is -4.01. The third kappa shape index (κ3) is 5.18. The van der Waals surface area contributed by atoms with Crippen LogP contribution in [0, 0.1) is 0 Å². The molecule has 0 radical (unpaired) electrons. The van der Waals surface area contributed by atoms with Gasteiger partial charge in [0.25, 0.3) is 5.91 Å². The van der Waals surface area contributed by atoms with E-state index < -0.39 is 6.04 Å². The van der Waals surface area contributed by atoms with Crippen molar-refractivity contribution in [3.05, 3.63) is 105 Å². The van der Waals surface area contributed by atoms with E-state index in [2.05, 4.69) is 20.7 Å². The van der Waals surface area contributed by atoms with E-state index in [0.29, 0.717) is 56.6 Å². The smallest absolute Gasteiger partial charge is 0.255 e. The standard InChI is InChI=1S/C28H25Cl2N5O3/c1-3-37-24-14-18(12-13-23(24)38-15-20-21(29)10-7-11-22(20)30)26-25(17(2)33-28-31-16-32-35(26)28)27(36)34-19-8-5-4-6-9-19/h4-14,16,26H,3,15H2,1-2H3,(H,34,36)(H,31,32,33)/t26-/m0/s1. The van der Waals surface area contributed by atoms with Gasteiger partial charge in [-0.2, -0.15) is 10.1 Å². The number of carbonyl (C=O) groups is 1. The number of rotatable bonds is 8. The molecular weight excluding hydrogens is 525 g/mol. The molecule has 8 nitrogen and oxygen atoms in total. The molecule has 2 heterocycles. The van der Waals surface area contributed by atoms with Crippen molar-refractivity contribution >= 4 is 40.7 Å². The summed E-state index contributed by atoms with van der Waals surface area (Å²) in [6.07, 6.45) is 1.45. The van der Waals surface area contributed by atoms with Crippen molar-refractivity contribution in [1.82, 2.24) is 14.8 Å². The lowest BCUT2D eigenvalue weighted by Gasteiger charge is -2.29. The van der Waals surface area contributed by atoms with Crippen molar-refractivity contribution in [3.8, 4) is 11.5 Å². The van der Waals surface area contributed by atoms with Crippen LogP contribution in [0.4, 0.5) is 11.6 Å². The van der Waals surface area contributed by atoms with E-state index in [-0.39, 0.29) is 12.5 Å². The summed E-state index contributed by atoms with van der Waals surface area (Å²) in [5.41, 5.74) is 3.34. The maximum atomic E-state index is 13.5. The third-order valence-corrected chi connectivity index (χ3v) is 6.80. The summed E-state index contributed by atoms with van der Waals surface area (Å²) in [4.78, 5) is 17.9. The highest BCUT2D eigenvalue weighted by Crippen LogP contribution is 2.39. The third-order valence-electron chi connectivity index (χ3n) is 6.09. The van der Waals surface area contributed by atoms with Gasteiger partial charge in [0, 0.05) is 27.0 Å². The predicted molar refractivity (Wildman–Crippen MR) is 148 cm³/mol. The molecule has 1 aliphatic heterocycles. The van der Waals surface area contributed by atoms with Gasteiger partial charge in [-0.3, -0.25) is 4.79 Å². The van der Waals surface area contributed by atoms with Crippen molar-refractivity contribution in [2.45, 2.75) is 26.5 Å². The highest BCUT2D eigenvalue weighted by Gasteiger charge is 2.34. The Morgan fingerprint density at radius 1 is 1.03 bits per heavy atom. The van der Waals surface area contributed by atoms with Crippen molar-refractivity contribution in [1.29, 1.82) is 0 Å². The second-order valence-corrected chi connectivity index (χ2v) is 9.36. The lowest BCUT2D eigenvalue weighted by atomic mass is 9.94. The molecular formula is C28H25Cl2N5O3. The molecule has 38 heavy (non-hydrogen) atoms. The fourth-order valence-electron chi connectivity index (χ4n) is 4.32. The molecule has 10 heteroatoms. The summed E-state index contributed by atoms with van der Waals surface area (Å²) >= 11 is 12.6. The number of ether oxygens (including phenoxy) is 2. The number of hydrogen-bond acceptors (Lipinski definition) is 6. The van der Waals surface area contributed by atoms with E-state index in [1.807, 2.05) is 62.4 Å². The minimum atomic E-state index is -0.552. The van der Waals surface area contributed by atoms with Crippen molar-refractivity contribution in [2.75, 3.05) is 17.2 Å². The van der Waals surface area contributed by atoms with Gasteiger partial charge >= 0.3 is 0 Å². The summed E-state index contributed by atoms with van der Waals surface area (Å²) in [7, 11) is 0. The van der Waals surface area contributed by atoms with Crippen LogP contribution in [-0.4, -0.2) is 27.3 Å². The van der Waals surface area contributed by atoms with Crippen LogP contribution in [0.3, 0.4) is 0 Å². The van der Waals surface area contributed by atoms with Gasteiger partial charge in [0.1, 0.15) is 19.0 Å². The summed E-state index contributed by atoms with van der Waals surface area (Å²) in [6.45, 7) is 4.33. The average Bonchev–Trinajstić information content (AvgIpc) is 3.37. The Bertz CT molecular complexity index is 1480. The zero-order chi connectivity index (χ0) is 26.6. The van der Waals surface area contributed by atoms with Crippen LogP contribution in [0.25, 0.3) is 0 Å². The molecule has 0 spiro atoms. The topological polar surface area (TPSA) is 90.3 Å². The van der Waals surface area contributed by atoms with Crippen molar-refractivity contribution in [2.24, 2.45) is 0 Å². The fourth-order valence-corrected chi connectivity index (χ4v) is 4.82. The minimum Gasteiger partial charge on any atom is -0.490 e. The number of aromatic nitrogens is 3. The molecule has 0 fully saturated rings. The first-order chi connectivity index (χ1) is 18.5. The van der Waals surface area contributed by atoms with Crippen LogP contribution in [0.2, 0.25) is 10.0 Å². The first kappa shape index (κ1) is 25.6. The van der Waals surface area contributed by atoms with Crippen LogP contribution in [0.1, 0.15) is 31.0 Å². The zero-order valence-electron chi connectivity index (χ0n) is 20.7. The van der Waals surface area contributed by atoms with Gasteiger partial charge < -0.3 is 20.1 Å². The minimum absolute atomic E-state index is 0.169. The Balaban J connectivity index is 1.50. The number of hydrogen-bond donors (Lipinski definition) is 2. The molecule has 0 bridgehead atoms. The number of nitrogens with one attached hydrogen (secondary N) is 2. The number of allylic oxidation sites excluding steroid dienone is 1. The molecule has 0 aliphatic carbocycles. The molecule has 1 aromatic heterocycles. The van der Waals surface area contributed by atoms with Crippen LogP contribution in [0.15, 0.2) is 84.3 Å². The van der Waals surface area contributed by atoms with Gasteiger partial charge in [0.2, 0.25) is 5.95 Å². The van der Waals surface area contributed by atoms with Crippen LogP contribution in [0.5, 0.6) is 11.5 Å². The summed E-state index contributed by atoms with van der Waals surface area (Å²) in [6, 6.07) is 19.6. The van der Waals surface area contributed by atoms with E-state index in [4.69, 9.17) is 32.7 Å². The molecule has 3 aromatic carbocycles. The monoisotopic (exact) mass is 549 g/mol. The quantitative estimate of drug-likeness (QED) is 0.261. The number of halogens is 2. The molecule has 1 amide bonds. The number of nitrogens with zero attached hydrogens (tertiary/aromatic N) is 3. The number of para-hydroxylation sites is 1.